The van der Waals surface area contributed by atoms with Gasteiger partial charge in [0.1, 0.15) is 0 Å². The topological polar surface area (TPSA) is 77.0 Å². The maximum Gasteiger partial charge on any atom is 0.376 e. The molecule has 0 saturated carbocycles. The highest BCUT2D eigenvalue weighted by Gasteiger charge is 2.17. The second-order valence-corrected chi connectivity index (χ2v) is 3.24. The van der Waals surface area contributed by atoms with Crippen molar-refractivity contribution >= 4 is 5.97 Å². The van der Waals surface area contributed by atoms with E-state index < -0.39 is 11.7 Å². The molecule has 88 valence electrons. The van der Waals surface area contributed by atoms with E-state index in [4.69, 9.17) is 4.74 Å². The summed E-state index contributed by atoms with van der Waals surface area (Å²) in [5.74, 6) is -0.683. The third-order valence-corrected chi connectivity index (χ3v) is 2.10. The maximum atomic E-state index is 11.6. The first kappa shape index (κ1) is 11.1. The van der Waals surface area contributed by atoms with Crippen molar-refractivity contribution in [1.29, 1.82) is 0 Å². The molecular formula is C11H11N3O3. The number of hydrogen-bond acceptors (Lipinski definition) is 4. The lowest BCUT2D eigenvalue weighted by atomic mass is 10.3. The van der Waals surface area contributed by atoms with Gasteiger partial charge in [-0.3, -0.25) is 0 Å². The van der Waals surface area contributed by atoms with Gasteiger partial charge in [0, 0.05) is 0 Å². The molecule has 17 heavy (non-hydrogen) atoms. The molecule has 0 aliphatic rings. The Labute approximate surface area is 96.8 Å². The molecule has 1 aromatic heterocycles. The first-order chi connectivity index (χ1) is 8.22. The van der Waals surface area contributed by atoms with Crippen LogP contribution in [0.3, 0.4) is 0 Å². The van der Waals surface area contributed by atoms with Crippen molar-refractivity contribution in [3.8, 4) is 5.69 Å². The normalized spacial score (nSPS) is 10.2. The van der Waals surface area contributed by atoms with E-state index in [1.165, 1.54) is 4.68 Å². The number of benzene rings is 1. The van der Waals surface area contributed by atoms with Gasteiger partial charge in [-0.2, -0.15) is 4.98 Å². The lowest BCUT2D eigenvalue weighted by Crippen LogP contribution is -2.13. The average molecular weight is 233 g/mol. The molecule has 0 fully saturated rings. The summed E-state index contributed by atoms with van der Waals surface area (Å²) in [7, 11) is 0. The first-order valence-electron chi connectivity index (χ1n) is 5.14. The van der Waals surface area contributed by atoms with E-state index in [1.807, 2.05) is 6.07 Å². The number of aromatic nitrogens is 3. The SMILES string of the molecule is CCOC(=O)c1nc(=O)[nH]n1-c1ccccc1. The number of para-hydroxylation sites is 1. The third kappa shape index (κ3) is 2.25. The molecule has 0 aliphatic carbocycles. The maximum absolute atomic E-state index is 11.6. The van der Waals surface area contributed by atoms with Gasteiger partial charge in [-0.15, -0.1) is 0 Å². The third-order valence-electron chi connectivity index (χ3n) is 2.10. The number of esters is 1. The van der Waals surface area contributed by atoms with Gasteiger partial charge in [-0.05, 0) is 19.1 Å². The van der Waals surface area contributed by atoms with E-state index in [2.05, 4.69) is 10.1 Å². The molecule has 2 aromatic rings. The average Bonchev–Trinajstić information content (AvgIpc) is 2.73. The van der Waals surface area contributed by atoms with Crippen LogP contribution in [0.1, 0.15) is 17.5 Å². The monoisotopic (exact) mass is 233 g/mol. The number of carbonyl (C=O) groups is 1. The Kier molecular flexibility index (Phi) is 3.04. The molecule has 0 radical (unpaired) electrons. The second kappa shape index (κ2) is 4.65. The smallest absolute Gasteiger partial charge is 0.376 e. The number of nitrogens with zero attached hydrogens (tertiary/aromatic N) is 2. The van der Waals surface area contributed by atoms with Gasteiger partial charge in [0.15, 0.2) is 0 Å². The quantitative estimate of drug-likeness (QED) is 0.793. The predicted octanol–water partition coefficient (Wildman–Crippen LogP) is 0.737. The Morgan fingerprint density at radius 2 is 2.12 bits per heavy atom. The minimum Gasteiger partial charge on any atom is -0.460 e. The minimum absolute atomic E-state index is 0.0527. The van der Waals surface area contributed by atoms with E-state index in [0.717, 1.165) is 0 Å². The molecule has 1 N–H and O–H groups in total. The van der Waals surface area contributed by atoms with Gasteiger partial charge in [0.2, 0.25) is 5.82 Å². The summed E-state index contributed by atoms with van der Waals surface area (Å²) in [6.07, 6.45) is 0. The summed E-state index contributed by atoms with van der Waals surface area (Å²) in [5.41, 5.74) is 0.0575. The molecule has 6 heteroatoms. The number of ether oxygens (including phenoxy) is 1. The van der Waals surface area contributed by atoms with Gasteiger partial charge < -0.3 is 4.74 Å². The molecular weight excluding hydrogens is 222 g/mol. The Hall–Kier alpha value is -2.37. The zero-order valence-electron chi connectivity index (χ0n) is 9.21. The Balaban J connectivity index is 2.48. The molecule has 1 aromatic carbocycles. The fraction of sp³-hybridized carbons (Fsp3) is 0.182. The lowest BCUT2D eigenvalue weighted by Gasteiger charge is -2.05. The summed E-state index contributed by atoms with van der Waals surface area (Å²) in [6.45, 7) is 1.92. The second-order valence-electron chi connectivity index (χ2n) is 3.24. The van der Waals surface area contributed by atoms with Gasteiger partial charge in [-0.1, -0.05) is 18.2 Å². The van der Waals surface area contributed by atoms with Crippen LogP contribution in [-0.2, 0) is 4.74 Å². The highest BCUT2D eigenvalue weighted by Crippen LogP contribution is 2.07. The van der Waals surface area contributed by atoms with Gasteiger partial charge in [-0.25, -0.2) is 19.4 Å². The summed E-state index contributed by atoms with van der Waals surface area (Å²) in [4.78, 5) is 26.4. The number of nitrogens with one attached hydrogen (secondary N) is 1. The van der Waals surface area contributed by atoms with Crippen LogP contribution in [0.4, 0.5) is 0 Å². The standard InChI is InChI=1S/C11H11N3O3/c1-2-17-10(15)9-12-11(16)13-14(9)8-6-4-3-5-7-8/h3-7H,2H2,1H3,(H,13,16). The van der Waals surface area contributed by atoms with Gasteiger partial charge in [0.25, 0.3) is 0 Å². The summed E-state index contributed by atoms with van der Waals surface area (Å²) in [6, 6.07) is 8.93. The van der Waals surface area contributed by atoms with Crippen LogP contribution in [0, 0.1) is 0 Å². The number of carbonyl (C=O) groups excluding carboxylic acids is 1. The highest BCUT2D eigenvalue weighted by molar-refractivity contribution is 5.85. The Bertz CT molecular complexity index is 571. The molecule has 0 spiro atoms. The number of H-pyrrole nitrogens is 1. The van der Waals surface area contributed by atoms with Crippen LogP contribution in [-0.4, -0.2) is 27.3 Å². The summed E-state index contributed by atoms with van der Waals surface area (Å²) < 4.78 is 6.13. The van der Waals surface area contributed by atoms with Crippen molar-refractivity contribution < 1.29 is 9.53 Å². The molecule has 0 atom stereocenters. The molecule has 1 heterocycles. The van der Waals surface area contributed by atoms with E-state index in [0.29, 0.717) is 5.69 Å². The van der Waals surface area contributed by atoms with Gasteiger partial charge >= 0.3 is 11.7 Å². The van der Waals surface area contributed by atoms with Crippen LogP contribution < -0.4 is 5.69 Å². The van der Waals surface area contributed by atoms with Crippen LogP contribution in [0.2, 0.25) is 0 Å². The van der Waals surface area contributed by atoms with E-state index in [1.54, 1.807) is 31.2 Å². The zero-order valence-corrected chi connectivity index (χ0v) is 9.21. The number of aromatic amines is 1. The molecule has 6 nitrogen and oxygen atoms in total. The fourth-order valence-corrected chi connectivity index (χ4v) is 1.42. The van der Waals surface area contributed by atoms with Crippen LogP contribution in [0.15, 0.2) is 35.1 Å². The first-order valence-corrected chi connectivity index (χ1v) is 5.14. The van der Waals surface area contributed by atoms with E-state index in [-0.39, 0.29) is 12.4 Å². The fourth-order valence-electron chi connectivity index (χ4n) is 1.42. The van der Waals surface area contributed by atoms with Crippen molar-refractivity contribution in [3.05, 3.63) is 46.6 Å². The van der Waals surface area contributed by atoms with Crippen LogP contribution in [0.5, 0.6) is 0 Å². The molecule has 0 unspecified atom stereocenters. The molecule has 0 bridgehead atoms. The zero-order chi connectivity index (χ0) is 12.3. The number of hydrogen-bond donors (Lipinski definition) is 1. The lowest BCUT2D eigenvalue weighted by molar-refractivity contribution is 0.0508. The Morgan fingerprint density at radius 1 is 1.41 bits per heavy atom. The summed E-state index contributed by atoms with van der Waals surface area (Å²) in [5, 5.41) is 2.45. The molecule has 0 saturated heterocycles. The predicted molar refractivity (Wildman–Crippen MR) is 60.1 cm³/mol. The number of rotatable bonds is 3. The van der Waals surface area contributed by atoms with E-state index in [9.17, 15) is 9.59 Å². The molecule has 2 rings (SSSR count). The largest absolute Gasteiger partial charge is 0.460 e. The van der Waals surface area contributed by atoms with E-state index >= 15 is 0 Å². The molecule has 0 aliphatic heterocycles. The van der Waals surface area contributed by atoms with Gasteiger partial charge in [0.05, 0.1) is 12.3 Å². The van der Waals surface area contributed by atoms with Crippen molar-refractivity contribution in [2.24, 2.45) is 0 Å². The van der Waals surface area contributed by atoms with Crippen molar-refractivity contribution in [1.82, 2.24) is 14.8 Å². The van der Waals surface area contributed by atoms with Crippen molar-refractivity contribution in [2.75, 3.05) is 6.61 Å². The Morgan fingerprint density at radius 3 is 2.76 bits per heavy atom. The molecule has 0 amide bonds. The van der Waals surface area contributed by atoms with Crippen LogP contribution >= 0.6 is 0 Å². The van der Waals surface area contributed by atoms with Crippen molar-refractivity contribution in [2.45, 2.75) is 6.92 Å². The van der Waals surface area contributed by atoms with Crippen molar-refractivity contribution in [3.63, 3.8) is 0 Å². The minimum atomic E-state index is -0.630. The van der Waals surface area contributed by atoms with Crippen LogP contribution in [0.25, 0.3) is 5.69 Å². The highest BCUT2D eigenvalue weighted by atomic mass is 16.5. The summed E-state index contributed by atoms with van der Waals surface area (Å²) >= 11 is 0.